The highest BCUT2D eigenvalue weighted by Crippen LogP contribution is 2.30. The van der Waals surface area contributed by atoms with Crippen LogP contribution in [0.1, 0.15) is 29.8 Å². The Balaban J connectivity index is 0.000000791. The third-order valence-electron chi connectivity index (χ3n) is 1.58. The van der Waals surface area contributed by atoms with E-state index in [1.54, 1.807) is 6.92 Å². The molecule has 14 heavy (non-hydrogen) atoms. The van der Waals surface area contributed by atoms with Crippen molar-refractivity contribution < 1.29 is 20.1 Å². The number of carbonyl (C=O) groups is 1. The number of carboxylic acids is 1. The molecule has 0 aliphatic heterocycles. The van der Waals surface area contributed by atoms with Crippen molar-refractivity contribution >= 4 is 5.97 Å². The van der Waals surface area contributed by atoms with E-state index in [9.17, 15) is 4.79 Å². The van der Waals surface area contributed by atoms with Gasteiger partial charge < -0.3 is 15.3 Å². The quantitative estimate of drug-likeness (QED) is 0.604. The molecule has 0 heterocycles. The summed E-state index contributed by atoms with van der Waals surface area (Å²) in [6.07, 6.45) is 0. The molecule has 0 spiro atoms. The van der Waals surface area contributed by atoms with Gasteiger partial charge in [0.05, 0.1) is 0 Å². The highest BCUT2D eigenvalue weighted by atomic mass is 16.4. The topological polar surface area (TPSA) is 77.8 Å². The average molecular weight is 198 g/mol. The van der Waals surface area contributed by atoms with E-state index >= 15 is 0 Å². The van der Waals surface area contributed by atoms with Gasteiger partial charge in [0.25, 0.3) is 0 Å². The lowest BCUT2D eigenvalue weighted by Gasteiger charge is -2.04. The lowest BCUT2D eigenvalue weighted by Crippen LogP contribution is -1.99. The van der Waals surface area contributed by atoms with E-state index in [1.807, 2.05) is 13.8 Å². The number of carboxylic acid groups (broad SMARTS) is 1. The molecule has 1 aromatic rings. The molecule has 0 atom stereocenters. The van der Waals surface area contributed by atoms with Crippen molar-refractivity contribution in [2.24, 2.45) is 0 Å². The summed E-state index contributed by atoms with van der Waals surface area (Å²) in [4.78, 5) is 10.5. The van der Waals surface area contributed by atoms with Gasteiger partial charge in [-0.1, -0.05) is 19.9 Å². The Morgan fingerprint density at radius 1 is 1.21 bits per heavy atom. The molecule has 0 fully saturated rings. The minimum absolute atomic E-state index is 0.255. The van der Waals surface area contributed by atoms with Crippen LogP contribution in [0, 0.1) is 6.92 Å². The molecule has 0 radical (unpaired) electrons. The van der Waals surface area contributed by atoms with Gasteiger partial charge in [-0.25, -0.2) is 4.79 Å². The molecule has 1 rings (SSSR count). The Hall–Kier alpha value is -1.71. The standard InChI is InChI=1S/C8H8O4.C2H6/c1-4-2-3-5(9)7(10)6(4)8(11)12;1-2/h2-3,9-10H,1H3,(H,11,12);1-2H3. The minimum atomic E-state index is -1.25. The van der Waals surface area contributed by atoms with E-state index in [0.29, 0.717) is 5.56 Å². The van der Waals surface area contributed by atoms with Gasteiger partial charge in [-0.2, -0.15) is 0 Å². The number of phenolic OH excluding ortho intramolecular Hbond substituents is 1. The molecule has 0 aliphatic rings. The van der Waals surface area contributed by atoms with Crippen molar-refractivity contribution in [3.63, 3.8) is 0 Å². The largest absolute Gasteiger partial charge is 0.504 e. The van der Waals surface area contributed by atoms with Gasteiger partial charge in [0.1, 0.15) is 5.56 Å². The van der Waals surface area contributed by atoms with E-state index in [4.69, 9.17) is 15.3 Å². The Morgan fingerprint density at radius 2 is 1.71 bits per heavy atom. The van der Waals surface area contributed by atoms with Crippen LogP contribution in [0.15, 0.2) is 12.1 Å². The van der Waals surface area contributed by atoms with Crippen molar-refractivity contribution in [1.29, 1.82) is 0 Å². The molecule has 0 unspecified atom stereocenters. The number of aromatic carboxylic acids is 1. The van der Waals surface area contributed by atoms with E-state index in [-0.39, 0.29) is 5.56 Å². The predicted molar refractivity (Wildman–Crippen MR) is 52.8 cm³/mol. The zero-order chi connectivity index (χ0) is 11.3. The summed E-state index contributed by atoms with van der Waals surface area (Å²) >= 11 is 0. The van der Waals surface area contributed by atoms with Crippen molar-refractivity contribution in [3.05, 3.63) is 23.3 Å². The molecule has 3 N–H and O–H groups in total. The minimum Gasteiger partial charge on any atom is -0.504 e. The summed E-state index contributed by atoms with van der Waals surface area (Å²) in [6, 6.07) is 2.68. The molecule has 0 saturated heterocycles. The highest BCUT2D eigenvalue weighted by molar-refractivity contribution is 5.93. The van der Waals surface area contributed by atoms with Crippen molar-refractivity contribution in [3.8, 4) is 11.5 Å². The number of benzene rings is 1. The van der Waals surface area contributed by atoms with Gasteiger partial charge in [-0.3, -0.25) is 0 Å². The van der Waals surface area contributed by atoms with E-state index in [2.05, 4.69) is 0 Å². The van der Waals surface area contributed by atoms with Crippen LogP contribution in [0.2, 0.25) is 0 Å². The maximum atomic E-state index is 10.5. The summed E-state index contributed by atoms with van der Waals surface area (Å²) in [6.45, 7) is 5.54. The summed E-state index contributed by atoms with van der Waals surface area (Å²) in [5.41, 5.74) is 0.160. The molecule has 0 saturated carbocycles. The second-order valence-electron chi connectivity index (χ2n) is 2.43. The van der Waals surface area contributed by atoms with E-state index < -0.39 is 17.5 Å². The molecular weight excluding hydrogens is 184 g/mol. The molecule has 0 aliphatic carbocycles. The molecular formula is C10H14O4. The van der Waals surface area contributed by atoms with Crippen LogP contribution in [-0.2, 0) is 0 Å². The van der Waals surface area contributed by atoms with Gasteiger partial charge in [0, 0.05) is 0 Å². The highest BCUT2D eigenvalue weighted by Gasteiger charge is 2.15. The van der Waals surface area contributed by atoms with Gasteiger partial charge in [-0.05, 0) is 18.6 Å². The Morgan fingerprint density at radius 3 is 2.07 bits per heavy atom. The third kappa shape index (κ3) is 2.39. The van der Waals surface area contributed by atoms with Crippen LogP contribution in [0.4, 0.5) is 0 Å². The van der Waals surface area contributed by atoms with Gasteiger partial charge in [0.15, 0.2) is 11.5 Å². The van der Waals surface area contributed by atoms with Crippen LogP contribution in [0.5, 0.6) is 11.5 Å². The first-order valence-corrected chi connectivity index (χ1v) is 4.29. The van der Waals surface area contributed by atoms with Crippen LogP contribution < -0.4 is 0 Å². The van der Waals surface area contributed by atoms with Gasteiger partial charge >= 0.3 is 5.97 Å². The molecule has 0 amide bonds. The SMILES string of the molecule is CC.Cc1ccc(O)c(O)c1C(=O)O. The summed E-state index contributed by atoms with van der Waals surface area (Å²) in [7, 11) is 0. The van der Waals surface area contributed by atoms with Crippen molar-refractivity contribution in [2.45, 2.75) is 20.8 Å². The van der Waals surface area contributed by atoms with E-state index in [1.165, 1.54) is 12.1 Å². The summed E-state index contributed by atoms with van der Waals surface area (Å²) < 4.78 is 0. The average Bonchev–Trinajstić information content (AvgIpc) is 2.15. The number of aromatic hydroxyl groups is 2. The molecule has 0 aromatic heterocycles. The number of aryl methyl sites for hydroxylation is 1. The lowest BCUT2D eigenvalue weighted by molar-refractivity contribution is 0.0692. The second-order valence-corrected chi connectivity index (χ2v) is 2.43. The Labute approximate surface area is 82.4 Å². The summed E-state index contributed by atoms with van der Waals surface area (Å²) in [5.74, 6) is -2.25. The fourth-order valence-corrected chi connectivity index (χ4v) is 0.951. The zero-order valence-corrected chi connectivity index (χ0v) is 8.40. The molecule has 78 valence electrons. The zero-order valence-electron chi connectivity index (χ0n) is 8.40. The molecule has 1 aromatic carbocycles. The van der Waals surface area contributed by atoms with Crippen LogP contribution in [0.3, 0.4) is 0 Å². The first-order chi connectivity index (χ1) is 6.54. The van der Waals surface area contributed by atoms with Gasteiger partial charge in [0.2, 0.25) is 0 Å². The monoisotopic (exact) mass is 198 g/mol. The number of hydrogen-bond acceptors (Lipinski definition) is 3. The van der Waals surface area contributed by atoms with Crippen LogP contribution in [-0.4, -0.2) is 21.3 Å². The first-order valence-electron chi connectivity index (χ1n) is 4.29. The third-order valence-corrected chi connectivity index (χ3v) is 1.58. The normalized spacial score (nSPS) is 8.79. The smallest absolute Gasteiger partial charge is 0.339 e. The van der Waals surface area contributed by atoms with Gasteiger partial charge in [-0.15, -0.1) is 0 Å². The first kappa shape index (κ1) is 12.3. The number of rotatable bonds is 1. The number of phenols is 2. The Bertz CT molecular complexity index is 331. The molecule has 0 bridgehead atoms. The maximum absolute atomic E-state index is 10.5. The van der Waals surface area contributed by atoms with Crippen molar-refractivity contribution in [1.82, 2.24) is 0 Å². The predicted octanol–water partition coefficient (Wildman–Crippen LogP) is 2.13. The molecule has 4 heteroatoms. The fourth-order valence-electron chi connectivity index (χ4n) is 0.951. The fraction of sp³-hybridized carbons (Fsp3) is 0.300. The van der Waals surface area contributed by atoms with Crippen LogP contribution in [0.25, 0.3) is 0 Å². The lowest BCUT2D eigenvalue weighted by atomic mass is 10.1. The Kier molecular flexibility index (Phi) is 4.49. The molecule has 4 nitrogen and oxygen atoms in total. The second kappa shape index (κ2) is 5.11. The van der Waals surface area contributed by atoms with Crippen LogP contribution >= 0.6 is 0 Å². The number of hydrogen-bond donors (Lipinski definition) is 3. The van der Waals surface area contributed by atoms with E-state index in [0.717, 1.165) is 0 Å². The summed E-state index contributed by atoms with van der Waals surface area (Å²) in [5, 5.41) is 26.7. The van der Waals surface area contributed by atoms with Crippen molar-refractivity contribution in [2.75, 3.05) is 0 Å². The maximum Gasteiger partial charge on any atom is 0.339 e.